The zero-order valence-electron chi connectivity index (χ0n) is 9.26. The first-order chi connectivity index (χ1) is 8.04. The van der Waals surface area contributed by atoms with Crippen molar-refractivity contribution in [1.29, 1.82) is 0 Å². The SMILES string of the molecule is CCCN(C(=O)NCl)S(=O)(=O)c1ccccc1. The monoisotopic (exact) mass is 276 g/mol. The van der Waals surface area contributed by atoms with E-state index in [-0.39, 0.29) is 11.4 Å². The van der Waals surface area contributed by atoms with Crippen LogP contribution in [0.5, 0.6) is 0 Å². The van der Waals surface area contributed by atoms with E-state index in [2.05, 4.69) is 0 Å². The molecule has 2 amide bonds. The number of sulfonamides is 1. The predicted molar refractivity (Wildman–Crippen MR) is 65.0 cm³/mol. The van der Waals surface area contributed by atoms with Gasteiger partial charge in [-0.15, -0.1) is 0 Å². The lowest BCUT2D eigenvalue weighted by Gasteiger charge is -2.20. The average Bonchev–Trinajstić information content (AvgIpc) is 2.36. The van der Waals surface area contributed by atoms with Crippen LogP contribution in [0, 0.1) is 0 Å². The van der Waals surface area contributed by atoms with Crippen LogP contribution in [0.1, 0.15) is 13.3 Å². The topological polar surface area (TPSA) is 66.5 Å². The Morgan fingerprint density at radius 1 is 1.35 bits per heavy atom. The smallest absolute Gasteiger partial charge is 0.249 e. The summed E-state index contributed by atoms with van der Waals surface area (Å²) in [6.07, 6.45) is 0.510. The van der Waals surface area contributed by atoms with Crippen molar-refractivity contribution >= 4 is 27.8 Å². The van der Waals surface area contributed by atoms with Crippen molar-refractivity contribution in [3.8, 4) is 0 Å². The molecule has 0 fully saturated rings. The number of benzene rings is 1. The van der Waals surface area contributed by atoms with Crippen LogP contribution in [-0.2, 0) is 10.0 Å². The number of urea groups is 1. The third kappa shape index (κ3) is 3.10. The van der Waals surface area contributed by atoms with Crippen LogP contribution in [0.4, 0.5) is 4.79 Å². The number of amides is 2. The van der Waals surface area contributed by atoms with Crippen LogP contribution in [0.15, 0.2) is 35.2 Å². The second-order valence-corrected chi connectivity index (χ2v) is 5.34. The van der Waals surface area contributed by atoms with Gasteiger partial charge in [-0.05, 0) is 18.6 Å². The summed E-state index contributed by atoms with van der Waals surface area (Å²) in [4.78, 5) is 13.3. The van der Waals surface area contributed by atoms with Gasteiger partial charge in [-0.3, -0.25) is 0 Å². The highest BCUT2D eigenvalue weighted by Gasteiger charge is 2.27. The number of hydrogen-bond donors (Lipinski definition) is 1. The van der Waals surface area contributed by atoms with Gasteiger partial charge in [-0.1, -0.05) is 25.1 Å². The lowest BCUT2D eigenvalue weighted by molar-refractivity contribution is 0.229. The van der Waals surface area contributed by atoms with Crippen molar-refractivity contribution in [1.82, 2.24) is 9.14 Å². The normalized spacial score (nSPS) is 10.9. The third-order valence-corrected chi connectivity index (χ3v) is 4.02. The molecule has 0 aliphatic rings. The van der Waals surface area contributed by atoms with E-state index >= 15 is 0 Å². The van der Waals surface area contributed by atoms with E-state index in [0.29, 0.717) is 6.42 Å². The van der Waals surface area contributed by atoms with E-state index in [1.807, 2.05) is 0 Å². The number of carbonyl (C=O) groups excluding carboxylic acids is 1. The standard InChI is InChI=1S/C10H13ClN2O3S/c1-2-8-13(10(14)12-11)17(15,16)9-6-4-3-5-7-9/h3-7H,2,8H2,1H3,(H,12,14). The molecule has 0 aliphatic heterocycles. The lowest BCUT2D eigenvalue weighted by atomic mass is 10.4. The van der Waals surface area contributed by atoms with Crippen LogP contribution in [0.3, 0.4) is 0 Å². The number of carbonyl (C=O) groups is 1. The molecule has 94 valence electrons. The van der Waals surface area contributed by atoms with E-state index in [9.17, 15) is 13.2 Å². The van der Waals surface area contributed by atoms with E-state index in [1.54, 1.807) is 30.0 Å². The zero-order chi connectivity index (χ0) is 12.9. The summed E-state index contributed by atoms with van der Waals surface area (Å²) in [6.45, 7) is 1.85. The Labute approximate surface area is 106 Å². The van der Waals surface area contributed by atoms with Gasteiger partial charge in [0.1, 0.15) is 0 Å². The number of nitrogens with one attached hydrogen (secondary N) is 1. The Hall–Kier alpha value is -1.27. The molecule has 7 heteroatoms. The second kappa shape index (κ2) is 5.88. The Morgan fingerprint density at radius 2 is 1.94 bits per heavy atom. The van der Waals surface area contributed by atoms with E-state index in [1.165, 1.54) is 12.1 Å². The molecule has 0 spiro atoms. The molecule has 1 N–H and O–H groups in total. The van der Waals surface area contributed by atoms with Crippen molar-refractivity contribution in [3.63, 3.8) is 0 Å². The summed E-state index contributed by atoms with van der Waals surface area (Å²) >= 11 is 5.17. The van der Waals surface area contributed by atoms with Crippen LogP contribution >= 0.6 is 11.8 Å². The maximum Gasteiger partial charge on any atom is 0.345 e. The molecule has 5 nitrogen and oxygen atoms in total. The van der Waals surface area contributed by atoms with Crippen LogP contribution in [0.2, 0.25) is 0 Å². The van der Waals surface area contributed by atoms with Gasteiger partial charge in [0.2, 0.25) is 0 Å². The Kier molecular flexibility index (Phi) is 4.77. The third-order valence-electron chi connectivity index (χ3n) is 2.07. The van der Waals surface area contributed by atoms with Gasteiger partial charge in [-0.25, -0.2) is 22.4 Å². The maximum atomic E-state index is 12.1. The molecule has 0 radical (unpaired) electrons. The number of rotatable bonds is 4. The van der Waals surface area contributed by atoms with Gasteiger partial charge in [-0.2, -0.15) is 0 Å². The molecular weight excluding hydrogens is 264 g/mol. The molecule has 0 aromatic heterocycles. The van der Waals surface area contributed by atoms with Crippen molar-refractivity contribution in [2.24, 2.45) is 0 Å². The molecular formula is C10H13ClN2O3S. The van der Waals surface area contributed by atoms with Crippen molar-refractivity contribution < 1.29 is 13.2 Å². The van der Waals surface area contributed by atoms with Gasteiger partial charge in [0.25, 0.3) is 10.0 Å². The Morgan fingerprint density at radius 3 is 2.41 bits per heavy atom. The Balaban J connectivity index is 3.14. The van der Waals surface area contributed by atoms with Gasteiger partial charge in [0.05, 0.1) is 4.90 Å². The maximum absolute atomic E-state index is 12.1. The van der Waals surface area contributed by atoms with Crippen LogP contribution in [0.25, 0.3) is 0 Å². The molecule has 1 rings (SSSR count). The molecule has 0 saturated heterocycles. The molecule has 0 unspecified atom stereocenters. The highest BCUT2D eigenvalue weighted by molar-refractivity contribution is 7.89. The fourth-order valence-corrected chi connectivity index (χ4v) is 2.90. The van der Waals surface area contributed by atoms with Crippen molar-refractivity contribution in [3.05, 3.63) is 30.3 Å². The highest BCUT2D eigenvalue weighted by Crippen LogP contribution is 2.15. The average molecular weight is 277 g/mol. The van der Waals surface area contributed by atoms with E-state index < -0.39 is 16.1 Å². The first kappa shape index (κ1) is 13.8. The van der Waals surface area contributed by atoms with E-state index in [4.69, 9.17) is 11.8 Å². The van der Waals surface area contributed by atoms with Gasteiger partial charge in [0, 0.05) is 18.3 Å². The minimum Gasteiger partial charge on any atom is -0.249 e. The molecule has 0 atom stereocenters. The van der Waals surface area contributed by atoms with Crippen molar-refractivity contribution in [2.45, 2.75) is 18.2 Å². The fraction of sp³-hybridized carbons (Fsp3) is 0.300. The summed E-state index contributed by atoms with van der Waals surface area (Å²) in [5, 5.41) is 0. The summed E-state index contributed by atoms with van der Waals surface area (Å²) in [5.41, 5.74) is 0. The molecule has 0 saturated carbocycles. The minimum absolute atomic E-state index is 0.0636. The molecule has 0 bridgehead atoms. The minimum atomic E-state index is -3.84. The molecule has 1 aromatic carbocycles. The summed E-state index contributed by atoms with van der Waals surface area (Å²) in [7, 11) is -3.84. The largest absolute Gasteiger partial charge is 0.345 e. The van der Waals surface area contributed by atoms with Gasteiger partial charge < -0.3 is 0 Å². The highest BCUT2D eigenvalue weighted by atomic mass is 35.5. The lowest BCUT2D eigenvalue weighted by Crippen LogP contribution is -2.41. The molecule has 0 heterocycles. The molecule has 0 aliphatic carbocycles. The fourth-order valence-electron chi connectivity index (χ4n) is 1.30. The first-order valence-corrected chi connectivity index (χ1v) is 6.84. The first-order valence-electron chi connectivity index (χ1n) is 5.02. The summed E-state index contributed by atoms with van der Waals surface area (Å²) in [5.74, 6) is 0. The zero-order valence-corrected chi connectivity index (χ0v) is 10.8. The second-order valence-electron chi connectivity index (χ2n) is 3.29. The Bertz CT molecular complexity index is 476. The summed E-state index contributed by atoms with van der Waals surface area (Å²) in [6, 6.07) is 6.90. The number of halogens is 1. The molecule has 17 heavy (non-hydrogen) atoms. The van der Waals surface area contributed by atoms with Crippen LogP contribution in [-0.4, -0.2) is 25.3 Å². The predicted octanol–water partition coefficient (Wildman–Crippen LogP) is 1.95. The van der Waals surface area contributed by atoms with Crippen LogP contribution < -0.4 is 4.84 Å². The number of hydrogen-bond acceptors (Lipinski definition) is 3. The quantitative estimate of drug-likeness (QED) is 0.855. The van der Waals surface area contributed by atoms with Crippen molar-refractivity contribution in [2.75, 3.05) is 6.54 Å². The van der Waals surface area contributed by atoms with Gasteiger partial charge >= 0.3 is 6.03 Å². The summed E-state index contributed by atoms with van der Waals surface area (Å²) < 4.78 is 25.0. The van der Waals surface area contributed by atoms with Gasteiger partial charge in [0.15, 0.2) is 0 Å². The number of nitrogens with zero attached hydrogens (tertiary/aromatic N) is 1. The molecule has 1 aromatic rings. The van der Waals surface area contributed by atoms with E-state index in [0.717, 1.165) is 4.31 Å².